The molecule has 152 valence electrons. The predicted octanol–water partition coefficient (Wildman–Crippen LogP) is 2.51. The minimum atomic E-state index is -1.21. The van der Waals surface area contributed by atoms with Crippen LogP contribution in [0.5, 0.6) is 5.75 Å². The van der Waals surface area contributed by atoms with Gasteiger partial charge in [-0.2, -0.15) is 0 Å². The highest BCUT2D eigenvalue weighted by Gasteiger charge is 2.30. The van der Waals surface area contributed by atoms with Crippen LogP contribution in [0.25, 0.3) is 0 Å². The zero-order valence-electron chi connectivity index (χ0n) is 15.5. The second-order valence-electron chi connectivity index (χ2n) is 6.76. The highest BCUT2D eigenvalue weighted by Crippen LogP contribution is 2.38. The third-order valence-electron chi connectivity index (χ3n) is 3.38. The van der Waals surface area contributed by atoms with E-state index in [1.807, 2.05) is 13.8 Å². The van der Waals surface area contributed by atoms with Crippen LogP contribution in [0.4, 0.5) is 17.1 Å². The van der Waals surface area contributed by atoms with E-state index in [1.54, 1.807) is 0 Å². The van der Waals surface area contributed by atoms with E-state index in [4.69, 9.17) is 10.2 Å². The van der Waals surface area contributed by atoms with Crippen LogP contribution in [0.2, 0.25) is 0 Å². The largest absolute Gasteiger partial charge is 0.497 e. The maximum Gasteiger partial charge on any atom is 0.324 e. The molecule has 0 unspecified atom stereocenters. The third-order valence-corrected chi connectivity index (χ3v) is 3.38. The third kappa shape index (κ3) is 8.37. The second-order valence-corrected chi connectivity index (χ2v) is 6.76. The van der Waals surface area contributed by atoms with Gasteiger partial charge in [0.2, 0.25) is 0 Å². The lowest BCUT2D eigenvalue weighted by molar-refractivity contribution is -0.404. The lowest BCUT2D eigenvalue weighted by atomic mass is 10.1. The summed E-state index contributed by atoms with van der Waals surface area (Å²) in [6, 6.07) is 0.894. The van der Waals surface area contributed by atoms with Crippen molar-refractivity contribution >= 4 is 17.1 Å². The molecule has 0 spiro atoms. The van der Waals surface area contributed by atoms with E-state index in [0.29, 0.717) is 12.1 Å². The minimum Gasteiger partial charge on any atom is -0.497 e. The van der Waals surface area contributed by atoms with Gasteiger partial charge in [0.1, 0.15) is 0 Å². The van der Waals surface area contributed by atoms with Gasteiger partial charge in [-0.05, 0) is 32.7 Å². The number of aliphatic hydroxyl groups excluding tert-OH is 1. The van der Waals surface area contributed by atoms with Crippen molar-refractivity contribution in [1.29, 1.82) is 0 Å². The van der Waals surface area contributed by atoms with E-state index >= 15 is 0 Å². The van der Waals surface area contributed by atoms with Gasteiger partial charge in [0.25, 0.3) is 11.4 Å². The SMILES string of the molecule is CC(C)CCNC(C)(C)CO.O=[N+]([O-])c1cc([N+](=O)[O-])c(O)c([N+](=O)[O-])c1. The van der Waals surface area contributed by atoms with Crippen molar-refractivity contribution in [2.45, 2.75) is 39.7 Å². The molecule has 0 radical (unpaired) electrons. The van der Waals surface area contributed by atoms with Crippen LogP contribution in [-0.2, 0) is 0 Å². The molecule has 12 nitrogen and oxygen atoms in total. The fourth-order valence-corrected chi connectivity index (χ4v) is 1.73. The maximum absolute atomic E-state index is 10.4. The molecular formula is C15H24N4O8. The number of phenols is 1. The summed E-state index contributed by atoms with van der Waals surface area (Å²) in [6.07, 6.45) is 1.17. The van der Waals surface area contributed by atoms with Gasteiger partial charge in [0, 0.05) is 5.54 Å². The number of nitro benzene ring substituents is 3. The maximum atomic E-state index is 10.4. The van der Waals surface area contributed by atoms with Gasteiger partial charge in [0.15, 0.2) is 0 Å². The monoisotopic (exact) mass is 388 g/mol. The van der Waals surface area contributed by atoms with Crippen LogP contribution >= 0.6 is 0 Å². The number of aliphatic hydroxyl groups is 1. The van der Waals surface area contributed by atoms with Gasteiger partial charge in [-0.3, -0.25) is 30.3 Å². The van der Waals surface area contributed by atoms with Gasteiger partial charge in [-0.25, -0.2) is 0 Å². The quantitative estimate of drug-likeness (QED) is 0.445. The van der Waals surface area contributed by atoms with Gasteiger partial charge in [-0.1, -0.05) is 13.8 Å². The Labute approximate surface area is 155 Å². The smallest absolute Gasteiger partial charge is 0.324 e. The second kappa shape index (κ2) is 10.3. The number of hydrogen-bond donors (Lipinski definition) is 3. The summed E-state index contributed by atoms with van der Waals surface area (Å²) in [5.41, 5.74) is -3.12. The van der Waals surface area contributed by atoms with E-state index in [2.05, 4.69) is 19.2 Å². The molecule has 0 saturated heterocycles. The molecule has 0 aliphatic carbocycles. The summed E-state index contributed by atoms with van der Waals surface area (Å²) in [4.78, 5) is 27.8. The molecule has 0 bridgehead atoms. The van der Waals surface area contributed by atoms with Gasteiger partial charge in [-0.15, -0.1) is 0 Å². The van der Waals surface area contributed by atoms with E-state index in [1.165, 1.54) is 6.42 Å². The summed E-state index contributed by atoms with van der Waals surface area (Å²) in [5, 5.41) is 52.4. The van der Waals surface area contributed by atoms with Gasteiger partial charge in [0.05, 0.1) is 33.5 Å². The molecule has 12 heteroatoms. The molecule has 0 aliphatic heterocycles. The Balaban J connectivity index is 0.000000541. The van der Waals surface area contributed by atoms with E-state index in [9.17, 15) is 30.3 Å². The van der Waals surface area contributed by atoms with E-state index in [-0.39, 0.29) is 12.1 Å². The fourth-order valence-electron chi connectivity index (χ4n) is 1.73. The average Bonchev–Trinajstić information content (AvgIpc) is 2.54. The number of hydrogen-bond acceptors (Lipinski definition) is 9. The van der Waals surface area contributed by atoms with E-state index in [0.717, 1.165) is 12.5 Å². The Morgan fingerprint density at radius 1 is 1.04 bits per heavy atom. The molecule has 0 heterocycles. The molecule has 0 fully saturated rings. The molecule has 1 aromatic carbocycles. The first-order chi connectivity index (χ1) is 12.3. The highest BCUT2D eigenvalue weighted by molar-refractivity contribution is 5.64. The van der Waals surface area contributed by atoms with Gasteiger partial charge < -0.3 is 15.5 Å². The first-order valence-electron chi connectivity index (χ1n) is 7.98. The lowest BCUT2D eigenvalue weighted by Gasteiger charge is -2.23. The van der Waals surface area contributed by atoms with Crippen molar-refractivity contribution in [3.8, 4) is 5.75 Å². The number of phenolic OH excluding ortho intramolecular Hbond substituents is 1. The number of non-ortho nitro benzene ring substituents is 1. The van der Waals surface area contributed by atoms with Crippen molar-refractivity contribution in [2.24, 2.45) is 5.92 Å². The Kier molecular flexibility index (Phi) is 9.23. The summed E-state index contributed by atoms with van der Waals surface area (Å²) in [7, 11) is 0. The molecular weight excluding hydrogens is 364 g/mol. The van der Waals surface area contributed by atoms with Crippen molar-refractivity contribution in [2.75, 3.05) is 13.2 Å². The number of rotatable bonds is 8. The first-order valence-corrected chi connectivity index (χ1v) is 7.98. The van der Waals surface area contributed by atoms with Crippen LogP contribution in [0.15, 0.2) is 12.1 Å². The molecule has 0 atom stereocenters. The van der Waals surface area contributed by atoms with Crippen LogP contribution in [0.3, 0.4) is 0 Å². The van der Waals surface area contributed by atoms with Crippen LogP contribution in [-0.4, -0.2) is 43.7 Å². The Bertz CT molecular complexity index is 655. The Morgan fingerprint density at radius 2 is 1.48 bits per heavy atom. The van der Waals surface area contributed by atoms with Crippen LogP contribution in [0.1, 0.15) is 34.1 Å². The zero-order chi connectivity index (χ0) is 21.4. The summed E-state index contributed by atoms with van der Waals surface area (Å²) < 4.78 is 0. The summed E-state index contributed by atoms with van der Waals surface area (Å²) >= 11 is 0. The van der Waals surface area contributed by atoms with Crippen LogP contribution < -0.4 is 5.32 Å². The Morgan fingerprint density at radius 3 is 1.78 bits per heavy atom. The lowest BCUT2D eigenvalue weighted by Crippen LogP contribution is -2.43. The number of nitrogens with zero attached hydrogens (tertiary/aromatic N) is 3. The fraction of sp³-hybridized carbons (Fsp3) is 0.600. The Hall–Kier alpha value is -2.86. The molecule has 0 aliphatic rings. The van der Waals surface area contributed by atoms with Crippen molar-refractivity contribution < 1.29 is 25.0 Å². The van der Waals surface area contributed by atoms with Gasteiger partial charge >= 0.3 is 11.4 Å². The van der Waals surface area contributed by atoms with E-state index < -0.39 is 37.6 Å². The predicted molar refractivity (Wildman–Crippen MR) is 96.7 cm³/mol. The topological polar surface area (TPSA) is 182 Å². The normalized spacial score (nSPS) is 10.9. The minimum absolute atomic E-state index is 0.116. The summed E-state index contributed by atoms with van der Waals surface area (Å²) in [6.45, 7) is 9.61. The first kappa shape index (κ1) is 24.1. The molecule has 1 rings (SSSR count). The molecule has 0 amide bonds. The van der Waals surface area contributed by atoms with Crippen molar-refractivity contribution in [3.63, 3.8) is 0 Å². The molecule has 1 aromatic rings. The number of aromatic hydroxyl groups is 1. The van der Waals surface area contributed by atoms with Crippen LogP contribution in [0, 0.1) is 36.3 Å². The molecule has 27 heavy (non-hydrogen) atoms. The highest BCUT2D eigenvalue weighted by atomic mass is 16.6. The standard InChI is InChI=1S/C9H21NO.C6H3N3O7/c1-8(2)5-6-10-9(3,4)7-11;10-6-4(8(13)14)1-3(7(11)12)2-5(6)9(15)16/h8,10-11H,5-7H2,1-4H3;1-2,10H. The number of nitro groups is 3. The number of nitrogens with one attached hydrogen (secondary N) is 1. The van der Waals surface area contributed by atoms with Crippen molar-refractivity contribution in [1.82, 2.24) is 5.32 Å². The summed E-state index contributed by atoms with van der Waals surface area (Å²) in [5.74, 6) is -0.474. The molecule has 3 N–H and O–H groups in total. The molecule has 0 saturated carbocycles. The molecule has 0 aromatic heterocycles. The van der Waals surface area contributed by atoms with Crippen molar-refractivity contribution in [3.05, 3.63) is 42.5 Å². The zero-order valence-corrected chi connectivity index (χ0v) is 15.5. The average molecular weight is 388 g/mol. The number of benzene rings is 1.